The lowest BCUT2D eigenvalue weighted by molar-refractivity contribution is -0.384. The van der Waals surface area contributed by atoms with Crippen LogP contribution in [0.2, 0.25) is 5.02 Å². The Morgan fingerprint density at radius 1 is 1.17 bits per heavy atom. The zero-order chi connectivity index (χ0) is 18.9. The molecular weight excluding hydrogens is 379 g/mol. The van der Waals surface area contributed by atoms with Gasteiger partial charge in [0.05, 0.1) is 4.92 Å². The maximum absolute atomic E-state index is 13.0. The number of hydrogen-bond acceptors (Lipinski definition) is 4. The van der Waals surface area contributed by atoms with Crippen molar-refractivity contribution in [2.24, 2.45) is 0 Å². The highest BCUT2D eigenvalue weighted by atomic mass is 35.5. The number of nitro groups is 1. The van der Waals surface area contributed by atoms with E-state index in [-0.39, 0.29) is 10.6 Å². The summed E-state index contributed by atoms with van der Waals surface area (Å²) in [5.41, 5.74) is -1.04. The summed E-state index contributed by atoms with van der Waals surface area (Å²) in [7, 11) is 0. The van der Waals surface area contributed by atoms with Gasteiger partial charge in [-0.3, -0.25) is 10.1 Å². The van der Waals surface area contributed by atoms with Gasteiger partial charge >= 0.3 is 24.0 Å². The molecule has 0 amide bonds. The van der Waals surface area contributed by atoms with E-state index in [1.54, 1.807) is 0 Å². The van der Waals surface area contributed by atoms with Gasteiger partial charge in [0.1, 0.15) is 11.6 Å². The zero-order valence-corrected chi connectivity index (χ0v) is 11.8. The Hall–Kier alpha value is -2.11. The van der Waals surface area contributed by atoms with Crippen molar-refractivity contribution in [3.63, 3.8) is 0 Å². The second kappa shape index (κ2) is 6.42. The van der Waals surface area contributed by atoms with Crippen LogP contribution in [0.15, 0.2) is 18.2 Å². The van der Waals surface area contributed by atoms with Crippen molar-refractivity contribution in [2.75, 3.05) is 0 Å². The molecule has 0 bridgehead atoms. The molecule has 0 saturated heterocycles. The summed E-state index contributed by atoms with van der Waals surface area (Å²) in [4.78, 5) is 20.5. The molecule has 1 aromatic carbocycles. The first kappa shape index (κ1) is 19.9. The number of ether oxygens (including phenoxy) is 1. The fraction of sp³-hybridized carbons (Fsp3) is 0.364. The highest BCUT2D eigenvalue weighted by Crippen LogP contribution is 2.47. The molecular formula is C11H5ClF7NO4. The molecule has 24 heavy (non-hydrogen) atoms. The van der Waals surface area contributed by atoms with Crippen LogP contribution in [-0.2, 0) is 16.1 Å². The molecule has 0 N–H and O–H groups in total. The molecule has 0 saturated carbocycles. The summed E-state index contributed by atoms with van der Waals surface area (Å²) in [6.07, 6.45) is -6.69. The minimum absolute atomic E-state index is 0.328. The monoisotopic (exact) mass is 383 g/mol. The van der Waals surface area contributed by atoms with Crippen molar-refractivity contribution in [3.05, 3.63) is 38.9 Å². The molecule has 1 rings (SSSR count). The molecule has 0 spiro atoms. The third-order valence-electron chi connectivity index (χ3n) is 2.58. The van der Waals surface area contributed by atoms with Crippen molar-refractivity contribution < 1.29 is 45.2 Å². The molecule has 0 aromatic heterocycles. The topological polar surface area (TPSA) is 69.4 Å². The number of benzene rings is 1. The Morgan fingerprint density at radius 2 is 1.71 bits per heavy atom. The van der Waals surface area contributed by atoms with E-state index in [0.29, 0.717) is 6.07 Å². The van der Waals surface area contributed by atoms with Crippen LogP contribution in [0.3, 0.4) is 0 Å². The van der Waals surface area contributed by atoms with Gasteiger partial charge in [0.2, 0.25) is 0 Å². The van der Waals surface area contributed by atoms with Gasteiger partial charge in [-0.05, 0) is 11.6 Å². The van der Waals surface area contributed by atoms with Gasteiger partial charge in [-0.2, -0.15) is 30.7 Å². The maximum atomic E-state index is 13.0. The van der Waals surface area contributed by atoms with Crippen molar-refractivity contribution in [1.82, 2.24) is 0 Å². The first-order valence-corrected chi connectivity index (χ1v) is 6.02. The fourth-order valence-corrected chi connectivity index (χ4v) is 1.52. The highest BCUT2D eigenvalue weighted by Gasteiger charge is 2.77. The number of alkyl halides is 7. The fourth-order valence-electron chi connectivity index (χ4n) is 1.33. The van der Waals surface area contributed by atoms with E-state index in [2.05, 4.69) is 4.74 Å². The Labute approximate surface area is 133 Å². The van der Waals surface area contributed by atoms with Crippen LogP contribution in [0, 0.1) is 10.1 Å². The van der Waals surface area contributed by atoms with E-state index in [0.717, 1.165) is 12.1 Å². The summed E-state index contributed by atoms with van der Waals surface area (Å²) in [5, 5.41) is 10.2. The Kier molecular flexibility index (Phi) is 5.33. The third kappa shape index (κ3) is 3.68. The van der Waals surface area contributed by atoms with Gasteiger partial charge in [-0.15, -0.1) is 0 Å². The van der Waals surface area contributed by atoms with Crippen LogP contribution >= 0.6 is 11.6 Å². The Morgan fingerprint density at radius 3 is 2.17 bits per heavy atom. The smallest absolute Gasteiger partial charge is 0.456 e. The quantitative estimate of drug-likeness (QED) is 0.332. The van der Waals surface area contributed by atoms with Gasteiger partial charge < -0.3 is 4.74 Å². The molecule has 13 heteroatoms. The van der Waals surface area contributed by atoms with Crippen LogP contribution in [-0.4, -0.2) is 28.9 Å². The molecule has 1 aromatic rings. The Balaban J connectivity index is 2.94. The summed E-state index contributed by atoms with van der Waals surface area (Å²) in [5.74, 6) is -16.0. The van der Waals surface area contributed by atoms with E-state index < -0.39 is 41.2 Å². The van der Waals surface area contributed by atoms with Crippen molar-refractivity contribution in [1.29, 1.82) is 0 Å². The van der Waals surface area contributed by atoms with Crippen LogP contribution < -0.4 is 0 Å². The first-order valence-electron chi connectivity index (χ1n) is 5.64. The van der Waals surface area contributed by atoms with Gasteiger partial charge in [0.15, 0.2) is 0 Å². The predicted octanol–water partition coefficient (Wildman–Crippen LogP) is 4.12. The van der Waals surface area contributed by atoms with Gasteiger partial charge in [-0.25, -0.2) is 4.79 Å². The van der Waals surface area contributed by atoms with E-state index in [1.807, 2.05) is 0 Å². The van der Waals surface area contributed by atoms with Gasteiger partial charge in [0.25, 0.3) is 5.69 Å². The second-order valence-corrected chi connectivity index (χ2v) is 4.67. The van der Waals surface area contributed by atoms with Gasteiger partial charge in [0, 0.05) is 6.07 Å². The summed E-state index contributed by atoms with van der Waals surface area (Å²) >= 11 is 5.44. The molecule has 0 radical (unpaired) electrons. The van der Waals surface area contributed by atoms with E-state index in [1.165, 1.54) is 0 Å². The molecule has 0 aliphatic rings. The van der Waals surface area contributed by atoms with E-state index >= 15 is 0 Å². The standard InChI is InChI=1S/C11H5ClF7NO4/c12-6-2-1-5(3-7(6)20(22)23)4-24-8(21)9(13,14)10(15,16)11(17,18)19/h1-3H,4H2. The van der Waals surface area contributed by atoms with Crippen LogP contribution in [0.25, 0.3) is 0 Å². The first-order chi connectivity index (χ1) is 10.7. The lowest BCUT2D eigenvalue weighted by Crippen LogP contribution is -2.56. The Bertz CT molecular complexity index is 662. The minimum Gasteiger partial charge on any atom is -0.456 e. The van der Waals surface area contributed by atoms with Crippen LogP contribution in [0.1, 0.15) is 5.56 Å². The predicted molar refractivity (Wildman–Crippen MR) is 63.9 cm³/mol. The van der Waals surface area contributed by atoms with Crippen LogP contribution in [0.5, 0.6) is 0 Å². The number of halogens is 8. The summed E-state index contributed by atoms with van der Waals surface area (Å²) < 4.78 is 90.7. The molecule has 0 aliphatic heterocycles. The van der Waals surface area contributed by atoms with Crippen molar-refractivity contribution in [2.45, 2.75) is 24.6 Å². The normalized spacial score (nSPS) is 12.8. The number of esters is 1. The van der Waals surface area contributed by atoms with Crippen LogP contribution in [0.4, 0.5) is 36.4 Å². The number of carbonyl (C=O) groups is 1. The van der Waals surface area contributed by atoms with E-state index in [9.17, 15) is 45.6 Å². The molecule has 5 nitrogen and oxygen atoms in total. The van der Waals surface area contributed by atoms with E-state index in [4.69, 9.17) is 11.6 Å². The number of nitro benzene ring substituents is 1. The van der Waals surface area contributed by atoms with Crippen molar-refractivity contribution in [3.8, 4) is 0 Å². The number of rotatable bonds is 5. The summed E-state index contributed by atoms with van der Waals surface area (Å²) in [6.45, 7) is -1.21. The minimum atomic E-state index is -6.69. The summed E-state index contributed by atoms with van der Waals surface area (Å²) in [6, 6.07) is 2.56. The average Bonchev–Trinajstić information content (AvgIpc) is 2.44. The van der Waals surface area contributed by atoms with Crippen molar-refractivity contribution >= 4 is 23.3 Å². The molecule has 0 heterocycles. The second-order valence-electron chi connectivity index (χ2n) is 4.27. The third-order valence-corrected chi connectivity index (χ3v) is 2.90. The maximum Gasteiger partial charge on any atom is 0.460 e. The molecule has 134 valence electrons. The molecule has 0 fully saturated rings. The lowest BCUT2D eigenvalue weighted by atomic mass is 10.1. The molecule has 0 aliphatic carbocycles. The number of nitrogens with zero attached hydrogens (tertiary/aromatic N) is 1. The largest absolute Gasteiger partial charge is 0.460 e. The highest BCUT2D eigenvalue weighted by molar-refractivity contribution is 6.32. The number of carbonyl (C=O) groups excluding carboxylic acids is 1. The zero-order valence-electron chi connectivity index (χ0n) is 11.0. The molecule has 0 atom stereocenters. The number of hydrogen-bond donors (Lipinski definition) is 0. The lowest BCUT2D eigenvalue weighted by Gasteiger charge is -2.26. The van der Waals surface area contributed by atoms with Gasteiger partial charge in [-0.1, -0.05) is 17.7 Å². The SMILES string of the molecule is O=C(OCc1ccc(Cl)c([N+](=O)[O-])c1)C(F)(F)C(F)(F)C(F)(F)F. The molecule has 0 unspecified atom stereocenters. The average molecular weight is 384 g/mol.